The van der Waals surface area contributed by atoms with Gasteiger partial charge in [0, 0.05) is 10.4 Å². The minimum absolute atomic E-state index is 0.0887. The summed E-state index contributed by atoms with van der Waals surface area (Å²) in [6, 6.07) is 15.9. The van der Waals surface area contributed by atoms with Crippen molar-refractivity contribution in [3.05, 3.63) is 87.1 Å². The molecule has 5 nitrogen and oxygen atoms in total. The smallest absolute Gasteiger partial charge is 0.301 e. The van der Waals surface area contributed by atoms with Crippen LogP contribution in [0, 0.1) is 13.8 Å². The lowest BCUT2D eigenvalue weighted by atomic mass is 10.00. The largest absolute Gasteiger partial charge is 0.507 e. The molecule has 1 fully saturated rings. The number of amides is 1. The van der Waals surface area contributed by atoms with Gasteiger partial charge < -0.3 is 5.11 Å². The molecule has 7 heteroatoms. The normalized spacial score (nSPS) is 18.3. The summed E-state index contributed by atoms with van der Waals surface area (Å²) < 4.78 is 0.961. The Labute approximate surface area is 186 Å². The molecule has 1 aliphatic rings. The summed E-state index contributed by atoms with van der Waals surface area (Å²) in [5.41, 5.74) is 3.54. The third-order valence-corrected chi connectivity index (χ3v) is 7.26. The third kappa shape index (κ3) is 3.17. The van der Waals surface area contributed by atoms with Crippen LogP contribution in [0.25, 0.3) is 16.0 Å². The van der Waals surface area contributed by atoms with E-state index in [0.717, 1.165) is 26.2 Å². The van der Waals surface area contributed by atoms with Crippen molar-refractivity contribution in [2.75, 3.05) is 4.90 Å². The highest BCUT2D eigenvalue weighted by Gasteiger charge is 2.48. The molecule has 0 radical (unpaired) electrons. The van der Waals surface area contributed by atoms with Gasteiger partial charge in [-0.25, -0.2) is 4.98 Å². The summed E-state index contributed by atoms with van der Waals surface area (Å²) in [5, 5.41) is 13.4. The second-order valence-corrected chi connectivity index (χ2v) is 9.46. The number of thiophene rings is 1. The van der Waals surface area contributed by atoms with Gasteiger partial charge >= 0.3 is 5.91 Å². The first-order valence-corrected chi connectivity index (χ1v) is 11.4. The lowest BCUT2D eigenvalue weighted by Gasteiger charge is -2.21. The predicted molar refractivity (Wildman–Crippen MR) is 125 cm³/mol. The number of rotatable bonds is 3. The van der Waals surface area contributed by atoms with Gasteiger partial charge in [0.15, 0.2) is 5.13 Å². The number of hydrogen-bond acceptors (Lipinski definition) is 6. The van der Waals surface area contributed by atoms with E-state index in [4.69, 9.17) is 4.98 Å². The zero-order valence-electron chi connectivity index (χ0n) is 16.8. The number of aliphatic hydroxyl groups is 1. The fraction of sp³-hybridized carbons (Fsp3) is 0.125. The first-order valence-electron chi connectivity index (χ1n) is 9.73. The van der Waals surface area contributed by atoms with Gasteiger partial charge in [-0.15, -0.1) is 11.3 Å². The Morgan fingerprint density at radius 2 is 1.84 bits per heavy atom. The topological polar surface area (TPSA) is 70.5 Å². The second kappa shape index (κ2) is 7.44. The summed E-state index contributed by atoms with van der Waals surface area (Å²) in [6.07, 6.45) is 0. The first-order chi connectivity index (χ1) is 15.0. The summed E-state index contributed by atoms with van der Waals surface area (Å²) in [7, 11) is 0. The number of hydrogen-bond donors (Lipinski definition) is 1. The molecular formula is C24H18N2O3S2. The average Bonchev–Trinajstić information content (AvgIpc) is 3.47. The summed E-state index contributed by atoms with van der Waals surface area (Å²) >= 11 is 2.82. The lowest BCUT2D eigenvalue weighted by Crippen LogP contribution is -2.28. The summed E-state index contributed by atoms with van der Waals surface area (Å²) in [5.74, 6) is -1.55. The number of carbonyl (C=O) groups excluding carboxylic acids is 2. The quantitative estimate of drug-likeness (QED) is 0.253. The number of thiazole rings is 1. The Morgan fingerprint density at radius 1 is 1.06 bits per heavy atom. The van der Waals surface area contributed by atoms with Crippen LogP contribution in [-0.2, 0) is 9.59 Å². The second-order valence-electron chi connectivity index (χ2n) is 7.48. The van der Waals surface area contributed by atoms with E-state index in [1.807, 2.05) is 49.6 Å². The molecule has 1 unspecified atom stereocenters. The van der Waals surface area contributed by atoms with E-state index in [9.17, 15) is 14.7 Å². The molecule has 5 rings (SSSR count). The van der Waals surface area contributed by atoms with Crippen LogP contribution >= 0.6 is 22.7 Å². The zero-order valence-corrected chi connectivity index (χ0v) is 18.5. The first kappa shape index (κ1) is 19.7. The van der Waals surface area contributed by atoms with E-state index >= 15 is 0 Å². The molecule has 2 aromatic carbocycles. The molecule has 1 amide bonds. The average molecular weight is 447 g/mol. The fourth-order valence-corrected chi connectivity index (χ4v) is 5.95. The molecule has 0 saturated carbocycles. The molecule has 0 aliphatic carbocycles. The van der Waals surface area contributed by atoms with E-state index in [0.29, 0.717) is 10.7 Å². The van der Waals surface area contributed by atoms with Gasteiger partial charge in [0.1, 0.15) is 11.8 Å². The number of ketones is 1. The molecule has 0 bridgehead atoms. The maximum absolute atomic E-state index is 13.2. The number of aromatic nitrogens is 1. The van der Waals surface area contributed by atoms with E-state index in [1.54, 1.807) is 24.3 Å². The van der Waals surface area contributed by atoms with Crippen molar-refractivity contribution in [1.82, 2.24) is 4.98 Å². The monoisotopic (exact) mass is 446 g/mol. The number of anilines is 1. The molecule has 1 aliphatic heterocycles. The zero-order chi connectivity index (χ0) is 21.7. The molecular weight excluding hydrogens is 428 g/mol. The van der Waals surface area contributed by atoms with Gasteiger partial charge in [-0.05, 0) is 42.5 Å². The van der Waals surface area contributed by atoms with Crippen LogP contribution in [0.15, 0.2) is 65.6 Å². The summed E-state index contributed by atoms with van der Waals surface area (Å²) in [4.78, 5) is 33.3. The van der Waals surface area contributed by atoms with Crippen molar-refractivity contribution in [2.45, 2.75) is 19.9 Å². The van der Waals surface area contributed by atoms with Crippen LogP contribution in [0.2, 0.25) is 0 Å². The predicted octanol–water partition coefficient (Wildman–Crippen LogP) is 5.60. The molecule has 31 heavy (non-hydrogen) atoms. The molecule has 3 heterocycles. The van der Waals surface area contributed by atoms with Crippen LogP contribution in [-0.4, -0.2) is 21.8 Å². The number of nitrogens with zero attached hydrogens (tertiary/aromatic N) is 2. The van der Waals surface area contributed by atoms with E-state index < -0.39 is 17.7 Å². The molecule has 0 spiro atoms. The van der Waals surface area contributed by atoms with Crippen molar-refractivity contribution < 1.29 is 14.7 Å². The van der Waals surface area contributed by atoms with Crippen LogP contribution in [0.3, 0.4) is 0 Å². The number of fused-ring (bicyclic) bond motifs is 1. The van der Waals surface area contributed by atoms with Gasteiger partial charge in [0.25, 0.3) is 5.78 Å². The van der Waals surface area contributed by atoms with Crippen molar-refractivity contribution in [3.8, 4) is 0 Å². The molecule has 1 atom stereocenters. The number of aliphatic hydroxyl groups excluding tert-OH is 1. The minimum atomic E-state index is -0.720. The van der Waals surface area contributed by atoms with Crippen molar-refractivity contribution in [1.29, 1.82) is 0 Å². The third-order valence-electron chi connectivity index (χ3n) is 5.33. The Hall–Kier alpha value is -3.29. The highest BCUT2D eigenvalue weighted by Crippen LogP contribution is 2.45. The van der Waals surface area contributed by atoms with Gasteiger partial charge in [0.05, 0.1) is 15.8 Å². The summed E-state index contributed by atoms with van der Waals surface area (Å²) in [6.45, 7) is 4.00. The Bertz CT molecular complexity index is 1350. The molecule has 1 N–H and O–H groups in total. The SMILES string of the molecule is Cc1cc(C)c2nc(N3C(=O)C(=O)C(=C(O)c4ccccc4)C3c3cccs3)sc2c1. The van der Waals surface area contributed by atoms with E-state index in [2.05, 4.69) is 0 Å². The molecule has 1 saturated heterocycles. The number of aryl methyl sites for hydroxylation is 2. The number of Topliss-reactive ketones (excluding diaryl/α,β-unsaturated/α-hetero) is 1. The molecule has 2 aromatic heterocycles. The van der Waals surface area contributed by atoms with Crippen molar-refractivity contribution in [3.63, 3.8) is 0 Å². The highest BCUT2D eigenvalue weighted by molar-refractivity contribution is 7.22. The molecule has 4 aromatic rings. The Balaban J connectivity index is 1.73. The Morgan fingerprint density at radius 3 is 2.55 bits per heavy atom. The highest BCUT2D eigenvalue weighted by atomic mass is 32.1. The maximum Gasteiger partial charge on any atom is 0.301 e. The number of carbonyl (C=O) groups is 2. The van der Waals surface area contributed by atoms with Gasteiger partial charge in [-0.1, -0.05) is 53.8 Å². The van der Waals surface area contributed by atoms with Crippen LogP contribution in [0.1, 0.15) is 27.6 Å². The van der Waals surface area contributed by atoms with Crippen LogP contribution in [0.4, 0.5) is 5.13 Å². The van der Waals surface area contributed by atoms with E-state index in [1.165, 1.54) is 27.6 Å². The Kier molecular flexibility index (Phi) is 4.72. The van der Waals surface area contributed by atoms with Crippen LogP contribution < -0.4 is 4.90 Å². The maximum atomic E-state index is 13.2. The molecule has 154 valence electrons. The van der Waals surface area contributed by atoms with Crippen molar-refractivity contribution >= 4 is 55.5 Å². The van der Waals surface area contributed by atoms with Gasteiger partial charge in [-0.3, -0.25) is 14.5 Å². The van der Waals surface area contributed by atoms with Gasteiger partial charge in [0.2, 0.25) is 0 Å². The van der Waals surface area contributed by atoms with Crippen LogP contribution in [0.5, 0.6) is 0 Å². The van der Waals surface area contributed by atoms with Gasteiger partial charge in [-0.2, -0.15) is 0 Å². The van der Waals surface area contributed by atoms with E-state index in [-0.39, 0.29) is 11.3 Å². The van der Waals surface area contributed by atoms with Crippen molar-refractivity contribution in [2.24, 2.45) is 0 Å². The number of benzene rings is 2. The minimum Gasteiger partial charge on any atom is -0.507 e. The standard InChI is InChI=1S/C24H18N2O3S2/c1-13-11-14(2)19-17(12-13)31-24(25-19)26-20(16-9-6-10-30-16)18(22(28)23(26)29)21(27)15-7-4-3-5-8-15/h3-12,20,27H,1-2H3. The fourth-order valence-electron chi connectivity index (χ4n) is 3.96. The lowest BCUT2D eigenvalue weighted by molar-refractivity contribution is -0.132.